The van der Waals surface area contributed by atoms with E-state index in [-0.39, 0.29) is 5.56 Å². The van der Waals surface area contributed by atoms with Gasteiger partial charge in [-0.3, -0.25) is 4.84 Å². The van der Waals surface area contributed by atoms with Gasteiger partial charge in [0.05, 0.1) is 24.1 Å². The highest BCUT2D eigenvalue weighted by Gasteiger charge is 2.30. The molecule has 0 radical (unpaired) electrons. The number of carbonyl (C=O) groups is 1. The lowest BCUT2D eigenvalue weighted by Gasteiger charge is -2.20. The van der Waals surface area contributed by atoms with Crippen molar-refractivity contribution in [2.45, 2.75) is 45.1 Å². The zero-order chi connectivity index (χ0) is 16.7. The van der Waals surface area contributed by atoms with E-state index in [1.165, 1.54) is 34.0 Å². The van der Waals surface area contributed by atoms with Gasteiger partial charge in [0.15, 0.2) is 0 Å². The summed E-state index contributed by atoms with van der Waals surface area (Å²) in [6.45, 7) is 0.584. The molecule has 0 atom stereocenters. The molecular formula is C18H21N3O3. The van der Waals surface area contributed by atoms with Crippen LogP contribution in [0.25, 0.3) is 5.69 Å². The van der Waals surface area contributed by atoms with E-state index in [0.29, 0.717) is 6.61 Å². The minimum atomic E-state index is -0.936. The smallest absolute Gasteiger partial charge is 0.338 e. The zero-order valence-corrected chi connectivity index (χ0v) is 13.8. The van der Waals surface area contributed by atoms with Crippen LogP contribution < -0.4 is 5.48 Å². The Labute approximate surface area is 140 Å². The summed E-state index contributed by atoms with van der Waals surface area (Å²) in [6, 6.07) is 0. The molecule has 0 aliphatic heterocycles. The number of aromatic carboxylic acids is 1. The lowest BCUT2D eigenvalue weighted by atomic mass is 9.92. The Kier molecular flexibility index (Phi) is 3.86. The summed E-state index contributed by atoms with van der Waals surface area (Å²) in [4.78, 5) is 16.7. The molecule has 2 aliphatic rings. The average molecular weight is 327 g/mol. The minimum Gasteiger partial charge on any atom is -0.478 e. The first-order valence-corrected chi connectivity index (χ1v) is 8.46. The Hall–Kier alpha value is -2.18. The Morgan fingerprint density at radius 3 is 2.38 bits per heavy atom. The Morgan fingerprint density at radius 2 is 1.83 bits per heavy atom. The van der Waals surface area contributed by atoms with E-state index in [1.54, 1.807) is 17.9 Å². The van der Waals surface area contributed by atoms with Crippen molar-refractivity contribution < 1.29 is 14.7 Å². The molecule has 0 bridgehead atoms. The molecule has 1 aromatic heterocycles. The van der Waals surface area contributed by atoms with Crippen molar-refractivity contribution in [3.63, 3.8) is 0 Å². The van der Waals surface area contributed by atoms with Crippen LogP contribution in [0.5, 0.6) is 0 Å². The molecule has 2 aromatic rings. The molecule has 0 saturated heterocycles. The largest absolute Gasteiger partial charge is 0.478 e. The standard InChI is InChI=1S/C18H21N3O3/c1-19-24-10-16-12-4-2-6-14(12)17(15-7-3-5-13(15)16)21-9-11(8-20-21)18(22)23/h8-9,19H,2-7,10H2,1H3,(H,22,23). The van der Waals surface area contributed by atoms with Crippen LogP contribution in [0.4, 0.5) is 0 Å². The molecule has 126 valence electrons. The average Bonchev–Trinajstić information content (AvgIpc) is 3.30. The zero-order valence-electron chi connectivity index (χ0n) is 13.8. The van der Waals surface area contributed by atoms with E-state index in [1.807, 2.05) is 0 Å². The molecule has 0 saturated carbocycles. The maximum atomic E-state index is 11.2. The van der Waals surface area contributed by atoms with Crippen LogP contribution in [0.2, 0.25) is 0 Å². The highest BCUT2D eigenvalue weighted by Crippen LogP contribution is 2.40. The first-order valence-electron chi connectivity index (χ1n) is 8.46. The van der Waals surface area contributed by atoms with Crippen LogP contribution in [0, 0.1) is 0 Å². The van der Waals surface area contributed by atoms with Crippen molar-refractivity contribution in [3.8, 4) is 5.69 Å². The number of hydrogen-bond donors (Lipinski definition) is 2. The fourth-order valence-electron chi connectivity index (χ4n) is 4.19. The van der Waals surface area contributed by atoms with Crippen LogP contribution in [0.3, 0.4) is 0 Å². The van der Waals surface area contributed by atoms with Gasteiger partial charge in [0.1, 0.15) is 0 Å². The molecule has 4 rings (SSSR count). The van der Waals surface area contributed by atoms with E-state index in [0.717, 1.165) is 44.2 Å². The SMILES string of the molecule is CNOCc1c2c(c(-n3cc(C(=O)O)cn3)c3c1CCC3)CCC2. The molecule has 6 heteroatoms. The van der Waals surface area contributed by atoms with Crippen LogP contribution >= 0.6 is 0 Å². The molecule has 1 aromatic carbocycles. The summed E-state index contributed by atoms with van der Waals surface area (Å²) in [5.74, 6) is -0.936. The van der Waals surface area contributed by atoms with Gasteiger partial charge in [-0.2, -0.15) is 5.10 Å². The van der Waals surface area contributed by atoms with Gasteiger partial charge in [0.2, 0.25) is 0 Å². The number of benzene rings is 1. The lowest BCUT2D eigenvalue weighted by Crippen LogP contribution is -2.13. The second-order valence-corrected chi connectivity index (χ2v) is 6.42. The quantitative estimate of drug-likeness (QED) is 0.823. The molecule has 2 N–H and O–H groups in total. The molecule has 24 heavy (non-hydrogen) atoms. The van der Waals surface area contributed by atoms with E-state index in [2.05, 4.69) is 10.6 Å². The van der Waals surface area contributed by atoms with Gasteiger partial charge in [0.25, 0.3) is 0 Å². The summed E-state index contributed by atoms with van der Waals surface area (Å²) >= 11 is 0. The molecule has 2 aliphatic carbocycles. The highest BCUT2D eigenvalue weighted by atomic mass is 16.6. The van der Waals surface area contributed by atoms with Gasteiger partial charge in [-0.25, -0.2) is 15.0 Å². The Morgan fingerprint density at radius 1 is 1.21 bits per heavy atom. The van der Waals surface area contributed by atoms with Gasteiger partial charge < -0.3 is 5.11 Å². The Balaban J connectivity index is 1.90. The fourth-order valence-corrected chi connectivity index (χ4v) is 4.19. The van der Waals surface area contributed by atoms with Crippen molar-refractivity contribution in [2.24, 2.45) is 0 Å². The number of fused-ring (bicyclic) bond motifs is 2. The summed E-state index contributed by atoms with van der Waals surface area (Å²) in [5.41, 5.74) is 10.9. The van der Waals surface area contributed by atoms with Gasteiger partial charge in [-0.05, 0) is 66.3 Å². The van der Waals surface area contributed by atoms with E-state index < -0.39 is 5.97 Å². The van der Waals surface area contributed by atoms with Gasteiger partial charge in [-0.1, -0.05) is 0 Å². The molecule has 0 amide bonds. The molecule has 6 nitrogen and oxygen atoms in total. The molecule has 1 heterocycles. The maximum absolute atomic E-state index is 11.2. The number of hydrogen-bond acceptors (Lipinski definition) is 4. The monoisotopic (exact) mass is 327 g/mol. The summed E-state index contributed by atoms with van der Waals surface area (Å²) in [6.07, 6.45) is 9.49. The van der Waals surface area contributed by atoms with Crippen LogP contribution in [0.1, 0.15) is 51.0 Å². The molecular weight excluding hydrogens is 306 g/mol. The number of carboxylic acid groups (broad SMARTS) is 1. The number of rotatable bonds is 5. The van der Waals surface area contributed by atoms with Crippen molar-refractivity contribution in [3.05, 3.63) is 45.8 Å². The number of nitrogens with one attached hydrogen (secondary N) is 1. The topological polar surface area (TPSA) is 76.4 Å². The van der Waals surface area contributed by atoms with Gasteiger partial charge in [0, 0.05) is 13.2 Å². The lowest BCUT2D eigenvalue weighted by molar-refractivity contribution is 0.0437. The van der Waals surface area contributed by atoms with Crippen molar-refractivity contribution in [1.82, 2.24) is 15.3 Å². The number of carboxylic acids is 1. The first kappa shape index (κ1) is 15.4. The first-order chi connectivity index (χ1) is 11.7. The van der Waals surface area contributed by atoms with Crippen LogP contribution in [-0.2, 0) is 37.1 Å². The number of hydroxylamine groups is 1. The fraction of sp³-hybridized carbons (Fsp3) is 0.444. The van der Waals surface area contributed by atoms with Crippen LogP contribution in [-0.4, -0.2) is 27.9 Å². The van der Waals surface area contributed by atoms with Crippen LogP contribution in [0.15, 0.2) is 12.4 Å². The predicted molar refractivity (Wildman–Crippen MR) is 88.4 cm³/mol. The van der Waals surface area contributed by atoms with Crippen molar-refractivity contribution >= 4 is 5.97 Å². The third kappa shape index (κ3) is 2.34. The summed E-state index contributed by atoms with van der Waals surface area (Å²) in [7, 11) is 1.78. The second-order valence-electron chi connectivity index (χ2n) is 6.42. The summed E-state index contributed by atoms with van der Waals surface area (Å²) in [5, 5.41) is 13.5. The molecule has 0 unspecified atom stereocenters. The third-order valence-electron chi connectivity index (χ3n) is 5.16. The Bertz CT molecular complexity index is 775. The van der Waals surface area contributed by atoms with Crippen molar-refractivity contribution in [1.29, 1.82) is 0 Å². The minimum absolute atomic E-state index is 0.232. The second kappa shape index (κ2) is 6.03. The molecule has 0 spiro atoms. The van der Waals surface area contributed by atoms with E-state index in [9.17, 15) is 9.90 Å². The molecule has 0 fully saturated rings. The van der Waals surface area contributed by atoms with Gasteiger partial charge in [-0.15, -0.1) is 0 Å². The van der Waals surface area contributed by atoms with Gasteiger partial charge >= 0.3 is 5.97 Å². The van der Waals surface area contributed by atoms with E-state index in [4.69, 9.17) is 4.84 Å². The maximum Gasteiger partial charge on any atom is 0.338 e. The van der Waals surface area contributed by atoms with E-state index >= 15 is 0 Å². The number of aromatic nitrogens is 2. The third-order valence-corrected chi connectivity index (χ3v) is 5.16. The number of nitrogens with zero attached hydrogens (tertiary/aromatic N) is 2. The highest BCUT2D eigenvalue weighted by molar-refractivity contribution is 5.87. The predicted octanol–water partition coefficient (Wildman–Crippen LogP) is 2.20. The summed E-state index contributed by atoms with van der Waals surface area (Å²) < 4.78 is 1.78. The normalized spacial score (nSPS) is 15.5. The van der Waals surface area contributed by atoms with Crippen molar-refractivity contribution in [2.75, 3.05) is 7.05 Å².